The van der Waals surface area contributed by atoms with E-state index < -0.39 is 4.92 Å². The third kappa shape index (κ3) is 2.62. The van der Waals surface area contributed by atoms with Gasteiger partial charge in [-0.1, -0.05) is 12.1 Å². The van der Waals surface area contributed by atoms with Crippen molar-refractivity contribution < 1.29 is 9.72 Å². The number of aryl methyl sites for hydroxylation is 1. The molecule has 0 bridgehead atoms. The predicted molar refractivity (Wildman–Crippen MR) is 70.2 cm³/mol. The van der Waals surface area contributed by atoms with Gasteiger partial charge in [-0.2, -0.15) is 11.3 Å². The van der Waals surface area contributed by atoms with Gasteiger partial charge in [0.05, 0.1) is 4.92 Å². The van der Waals surface area contributed by atoms with Gasteiger partial charge in [-0.25, -0.2) is 0 Å². The average Bonchev–Trinajstić information content (AvgIpc) is 2.76. The molecule has 5 heteroatoms. The van der Waals surface area contributed by atoms with E-state index in [1.54, 1.807) is 12.1 Å². The van der Waals surface area contributed by atoms with Gasteiger partial charge >= 0.3 is 0 Å². The van der Waals surface area contributed by atoms with E-state index in [4.69, 9.17) is 0 Å². The van der Waals surface area contributed by atoms with Crippen LogP contribution in [0.5, 0.6) is 0 Å². The maximum atomic E-state index is 12.0. The second kappa shape index (κ2) is 5.10. The van der Waals surface area contributed by atoms with Crippen LogP contribution in [0.25, 0.3) is 0 Å². The molecule has 0 radical (unpaired) electrons. The van der Waals surface area contributed by atoms with Crippen LogP contribution >= 0.6 is 11.3 Å². The second-order valence-corrected chi connectivity index (χ2v) is 4.74. The van der Waals surface area contributed by atoms with E-state index in [1.807, 2.05) is 17.7 Å². The molecule has 0 unspecified atom stereocenters. The molecule has 0 saturated heterocycles. The number of carbonyl (C=O) groups excluding carboxylic acids is 1. The fourth-order valence-electron chi connectivity index (χ4n) is 1.66. The molecule has 0 aliphatic heterocycles. The zero-order valence-electron chi connectivity index (χ0n) is 9.75. The van der Waals surface area contributed by atoms with Gasteiger partial charge in [-0.3, -0.25) is 14.9 Å². The molecular weight excluding hydrogens is 250 g/mol. The summed E-state index contributed by atoms with van der Waals surface area (Å²) in [4.78, 5) is 22.0. The Morgan fingerprint density at radius 2 is 1.94 bits per heavy atom. The lowest BCUT2D eigenvalue weighted by Gasteiger charge is -2.00. The Labute approximate surface area is 108 Å². The highest BCUT2D eigenvalue weighted by Gasteiger charge is 2.11. The van der Waals surface area contributed by atoms with E-state index in [0.717, 1.165) is 16.7 Å². The number of Topliss-reactive ketones (excluding diaryl/α,β-unsaturated/α-hetero) is 1. The molecule has 92 valence electrons. The quantitative estimate of drug-likeness (QED) is 0.481. The van der Waals surface area contributed by atoms with Gasteiger partial charge in [0.25, 0.3) is 5.69 Å². The number of carbonyl (C=O) groups is 1. The molecule has 18 heavy (non-hydrogen) atoms. The number of nitro benzene ring substituents is 1. The SMILES string of the molecule is Cc1cscc1C(=O)Cc1ccc([N+](=O)[O-])cc1. The minimum Gasteiger partial charge on any atom is -0.294 e. The summed E-state index contributed by atoms with van der Waals surface area (Å²) in [6, 6.07) is 6.08. The number of non-ortho nitro benzene ring substituents is 1. The molecule has 2 aromatic rings. The summed E-state index contributed by atoms with van der Waals surface area (Å²) in [6.45, 7) is 1.90. The van der Waals surface area contributed by atoms with Crippen LogP contribution in [0.2, 0.25) is 0 Å². The summed E-state index contributed by atoms with van der Waals surface area (Å²) in [5.41, 5.74) is 2.54. The van der Waals surface area contributed by atoms with Gasteiger partial charge in [0.15, 0.2) is 5.78 Å². The second-order valence-electron chi connectivity index (χ2n) is 3.99. The summed E-state index contributed by atoms with van der Waals surface area (Å²) in [7, 11) is 0. The molecule has 0 fully saturated rings. The fraction of sp³-hybridized carbons (Fsp3) is 0.154. The van der Waals surface area contributed by atoms with Crippen LogP contribution in [-0.2, 0) is 6.42 Å². The maximum Gasteiger partial charge on any atom is 0.269 e. The van der Waals surface area contributed by atoms with Crippen LogP contribution in [0.15, 0.2) is 35.0 Å². The Morgan fingerprint density at radius 3 is 2.44 bits per heavy atom. The number of nitrogens with zero attached hydrogens (tertiary/aromatic N) is 1. The number of hydrogen-bond acceptors (Lipinski definition) is 4. The molecule has 0 aliphatic rings. The maximum absolute atomic E-state index is 12.0. The highest BCUT2D eigenvalue weighted by molar-refractivity contribution is 7.08. The standard InChI is InChI=1S/C13H11NO3S/c1-9-7-18-8-12(9)13(15)6-10-2-4-11(5-3-10)14(16)17/h2-5,7-8H,6H2,1H3. The normalized spacial score (nSPS) is 10.3. The lowest BCUT2D eigenvalue weighted by molar-refractivity contribution is -0.384. The summed E-state index contributed by atoms with van der Waals surface area (Å²) >= 11 is 1.50. The fourth-order valence-corrected chi connectivity index (χ4v) is 2.51. The minimum absolute atomic E-state index is 0.0397. The van der Waals surface area contributed by atoms with Crippen molar-refractivity contribution >= 4 is 22.8 Å². The number of hydrogen-bond donors (Lipinski definition) is 0. The van der Waals surface area contributed by atoms with Crippen LogP contribution in [0, 0.1) is 17.0 Å². The molecule has 4 nitrogen and oxygen atoms in total. The zero-order valence-corrected chi connectivity index (χ0v) is 10.6. The van der Waals surface area contributed by atoms with Crippen molar-refractivity contribution in [2.75, 3.05) is 0 Å². The minimum atomic E-state index is -0.450. The van der Waals surface area contributed by atoms with Gasteiger partial charge < -0.3 is 0 Å². The van der Waals surface area contributed by atoms with Crippen molar-refractivity contribution in [3.8, 4) is 0 Å². The van der Waals surface area contributed by atoms with Crippen LogP contribution in [0.3, 0.4) is 0 Å². The van der Waals surface area contributed by atoms with Crippen LogP contribution in [-0.4, -0.2) is 10.7 Å². The topological polar surface area (TPSA) is 60.2 Å². The Kier molecular flexibility index (Phi) is 3.53. The highest BCUT2D eigenvalue weighted by Crippen LogP contribution is 2.18. The number of rotatable bonds is 4. The van der Waals surface area contributed by atoms with Gasteiger partial charge in [0, 0.05) is 29.5 Å². The number of nitro groups is 1. The number of ketones is 1. The first-order chi connectivity index (χ1) is 8.58. The summed E-state index contributed by atoms with van der Waals surface area (Å²) < 4.78 is 0. The first-order valence-electron chi connectivity index (χ1n) is 5.37. The van der Waals surface area contributed by atoms with Gasteiger partial charge in [-0.15, -0.1) is 0 Å². The molecule has 1 aromatic heterocycles. The largest absolute Gasteiger partial charge is 0.294 e. The molecule has 0 aliphatic carbocycles. The van der Waals surface area contributed by atoms with Gasteiger partial charge in [-0.05, 0) is 23.4 Å². The first kappa shape index (κ1) is 12.4. The van der Waals surface area contributed by atoms with E-state index in [1.165, 1.54) is 23.5 Å². The van der Waals surface area contributed by atoms with Crippen molar-refractivity contribution in [3.05, 3.63) is 61.8 Å². The average molecular weight is 261 g/mol. The zero-order chi connectivity index (χ0) is 13.1. The van der Waals surface area contributed by atoms with Crippen molar-refractivity contribution in [3.63, 3.8) is 0 Å². The van der Waals surface area contributed by atoms with Crippen LogP contribution < -0.4 is 0 Å². The monoisotopic (exact) mass is 261 g/mol. The van der Waals surface area contributed by atoms with Crippen molar-refractivity contribution in [2.45, 2.75) is 13.3 Å². The van der Waals surface area contributed by atoms with Crippen molar-refractivity contribution in [1.82, 2.24) is 0 Å². The third-order valence-electron chi connectivity index (χ3n) is 2.67. The third-order valence-corrected chi connectivity index (χ3v) is 3.53. The van der Waals surface area contributed by atoms with E-state index in [2.05, 4.69) is 0 Å². The van der Waals surface area contributed by atoms with Gasteiger partial charge in [0.2, 0.25) is 0 Å². The lowest BCUT2D eigenvalue weighted by Crippen LogP contribution is -2.03. The van der Waals surface area contributed by atoms with Crippen molar-refractivity contribution in [2.24, 2.45) is 0 Å². The molecular formula is C13H11NO3S. The molecule has 0 spiro atoms. The smallest absolute Gasteiger partial charge is 0.269 e. The van der Waals surface area contributed by atoms with Crippen LogP contribution in [0.4, 0.5) is 5.69 Å². The molecule has 2 rings (SSSR count). The molecule has 1 heterocycles. The first-order valence-corrected chi connectivity index (χ1v) is 6.31. The Balaban J connectivity index is 2.13. The molecule has 0 N–H and O–H groups in total. The number of thiophene rings is 1. The molecule has 1 aromatic carbocycles. The Hall–Kier alpha value is -2.01. The van der Waals surface area contributed by atoms with Gasteiger partial charge in [0.1, 0.15) is 0 Å². The molecule has 0 saturated carbocycles. The summed E-state index contributed by atoms with van der Waals surface area (Å²) in [6.07, 6.45) is 0.273. The highest BCUT2D eigenvalue weighted by atomic mass is 32.1. The van der Waals surface area contributed by atoms with Crippen molar-refractivity contribution in [1.29, 1.82) is 0 Å². The lowest BCUT2D eigenvalue weighted by atomic mass is 10.0. The van der Waals surface area contributed by atoms with Crippen LogP contribution in [0.1, 0.15) is 21.5 Å². The van der Waals surface area contributed by atoms with E-state index >= 15 is 0 Å². The van der Waals surface area contributed by atoms with E-state index in [9.17, 15) is 14.9 Å². The molecule has 0 amide bonds. The van der Waals surface area contributed by atoms with E-state index in [-0.39, 0.29) is 17.9 Å². The summed E-state index contributed by atoms with van der Waals surface area (Å²) in [5.74, 6) is 0.0441. The Bertz CT molecular complexity index is 587. The predicted octanol–water partition coefficient (Wildman–Crippen LogP) is 3.39. The summed E-state index contributed by atoms with van der Waals surface area (Å²) in [5, 5.41) is 14.3. The Morgan fingerprint density at radius 1 is 1.28 bits per heavy atom. The van der Waals surface area contributed by atoms with E-state index in [0.29, 0.717) is 0 Å². The number of benzene rings is 1. The molecule has 0 atom stereocenters.